The Morgan fingerprint density at radius 3 is 2.50 bits per heavy atom. The third kappa shape index (κ3) is 3.54. The van der Waals surface area contributed by atoms with Crippen LogP contribution in [0.3, 0.4) is 0 Å². The molecule has 6 heteroatoms. The molecule has 0 amide bonds. The number of aromatic nitrogens is 2. The third-order valence-electron chi connectivity index (χ3n) is 2.92. The Balaban J connectivity index is 2.09. The highest BCUT2D eigenvalue weighted by Gasteiger charge is 2.10. The van der Waals surface area contributed by atoms with Crippen molar-refractivity contribution in [3.05, 3.63) is 47.3 Å². The first-order chi connectivity index (χ1) is 9.45. The van der Waals surface area contributed by atoms with Crippen molar-refractivity contribution in [2.24, 2.45) is 7.05 Å². The minimum Gasteiger partial charge on any atom is -0.481 e. The van der Waals surface area contributed by atoms with E-state index in [1.165, 1.54) is 0 Å². The smallest absolute Gasteiger partial charge is 0.307 e. The van der Waals surface area contributed by atoms with Crippen LogP contribution in [-0.2, 0) is 34.8 Å². The molecule has 0 bridgehead atoms. The second kappa shape index (κ2) is 6.00. The maximum atomic E-state index is 12.3. The molecule has 0 saturated carbocycles. The summed E-state index contributed by atoms with van der Waals surface area (Å²) in [5, 5.41) is 12.9. The van der Waals surface area contributed by atoms with Crippen molar-refractivity contribution in [2.45, 2.75) is 24.0 Å². The number of benzene rings is 1. The van der Waals surface area contributed by atoms with Crippen LogP contribution in [0.15, 0.2) is 35.2 Å². The van der Waals surface area contributed by atoms with Crippen molar-refractivity contribution >= 4 is 16.8 Å². The van der Waals surface area contributed by atoms with Gasteiger partial charge in [0.25, 0.3) is 0 Å². The molecule has 0 fully saturated rings. The van der Waals surface area contributed by atoms with E-state index < -0.39 is 16.8 Å². The summed E-state index contributed by atoms with van der Waals surface area (Å²) >= 11 is 0. The molecule has 5 nitrogen and oxygen atoms in total. The molecule has 0 aliphatic rings. The molecule has 0 spiro atoms. The van der Waals surface area contributed by atoms with Gasteiger partial charge in [-0.3, -0.25) is 13.7 Å². The first kappa shape index (κ1) is 14.5. The lowest BCUT2D eigenvalue weighted by molar-refractivity contribution is -0.136. The minimum atomic E-state index is -1.16. The van der Waals surface area contributed by atoms with Gasteiger partial charge in [0.2, 0.25) is 0 Å². The Kier molecular flexibility index (Phi) is 4.34. The van der Waals surface area contributed by atoms with Crippen molar-refractivity contribution in [3.8, 4) is 0 Å². The fraction of sp³-hybridized carbons (Fsp3) is 0.286. The Labute approximate surface area is 119 Å². The van der Waals surface area contributed by atoms with Gasteiger partial charge in [-0.2, -0.15) is 5.10 Å². The van der Waals surface area contributed by atoms with Crippen LogP contribution in [0.25, 0.3) is 0 Å². The largest absolute Gasteiger partial charge is 0.481 e. The fourth-order valence-electron chi connectivity index (χ4n) is 1.95. The van der Waals surface area contributed by atoms with Crippen LogP contribution in [0, 0.1) is 6.92 Å². The molecular formula is C14H16N2O3S. The molecule has 2 aromatic rings. The molecule has 1 aromatic heterocycles. The van der Waals surface area contributed by atoms with Crippen molar-refractivity contribution in [1.82, 2.24) is 9.78 Å². The number of carboxylic acids is 1. The van der Waals surface area contributed by atoms with Crippen LogP contribution < -0.4 is 0 Å². The summed E-state index contributed by atoms with van der Waals surface area (Å²) in [6.45, 7) is 1.90. The SMILES string of the molecule is Cc1cc(CS(=O)c2ccc(CC(=O)O)cc2)n(C)n1. The number of carbonyl (C=O) groups is 1. The summed E-state index contributed by atoms with van der Waals surface area (Å²) < 4.78 is 14.0. The van der Waals surface area contributed by atoms with Gasteiger partial charge in [-0.25, -0.2) is 0 Å². The highest BCUT2D eigenvalue weighted by atomic mass is 32.2. The van der Waals surface area contributed by atoms with Gasteiger partial charge in [0.15, 0.2) is 0 Å². The average Bonchev–Trinajstić information content (AvgIpc) is 2.68. The molecule has 0 aliphatic heterocycles. The van der Waals surface area contributed by atoms with E-state index in [9.17, 15) is 9.00 Å². The van der Waals surface area contributed by atoms with Gasteiger partial charge in [-0.05, 0) is 30.7 Å². The van der Waals surface area contributed by atoms with Gasteiger partial charge < -0.3 is 5.11 Å². The van der Waals surface area contributed by atoms with Crippen molar-refractivity contribution in [1.29, 1.82) is 0 Å². The van der Waals surface area contributed by atoms with Crippen LogP contribution in [0.2, 0.25) is 0 Å². The predicted octanol–water partition coefficient (Wildman–Crippen LogP) is 1.66. The number of carboxylic acid groups (broad SMARTS) is 1. The molecule has 0 radical (unpaired) electrons. The van der Waals surface area contributed by atoms with Gasteiger partial charge in [0, 0.05) is 11.9 Å². The molecule has 106 valence electrons. The van der Waals surface area contributed by atoms with Gasteiger partial charge in [0.1, 0.15) is 0 Å². The molecule has 1 N–H and O–H groups in total. The molecule has 1 atom stereocenters. The molecule has 0 saturated heterocycles. The van der Waals surface area contributed by atoms with Crippen LogP contribution in [0.5, 0.6) is 0 Å². The maximum absolute atomic E-state index is 12.3. The normalized spacial score (nSPS) is 12.3. The van der Waals surface area contributed by atoms with E-state index in [0.717, 1.165) is 11.4 Å². The summed E-state index contributed by atoms with van der Waals surface area (Å²) in [5.41, 5.74) is 2.52. The lowest BCUT2D eigenvalue weighted by Gasteiger charge is -2.04. The number of hydrogen-bond donors (Lipinski definition) is 1. The Hall–Kier alpha value is -1.95. The van der Waals surface area contributed by atoms with E-state index in [1.54, 1.807) is 28.9 Å². The zero-order valence-corrected chi connectivity index (χ0v) is 12.2. The monoisotopic (exact) mass is 292 g/mol. The van der Waals surface area contributed by atoms with Crippen molar-refractivity contribution in [2.75, 3.05) is 0 Å². The molecular weight excluding hydrogens is 276 g/mol. The predicted molar refractivity (Wildman–Crippen MR) is 75.8 cm³/mol. The second-order valence-electron chi connectivity index (χ2n) is 4.60. The molecule has 1 unspecified atom stereocenters. The van der Waals surface area contributed by atoms with Gasteiger partial charge in [-0.1, -0.05) is 12.1 Å². The zero-order valence-electron chi connectivity index (χ0n) is 11.4. The molecule has 1 heterocycles. The maximum Gasteiger partial charge on any atom is 0.307 e. The Morgan fingerprint density at radius 2 is 2.00 bits per heavy atom. The van der Waals surface area contributed by atoms with E-state index in [4.69, 9.17) is 5.11 Å². The van der Waals surface area contributed by atoms with Crippen LogP contribution in [-0.4, -0.2) is 25.1 Å². The van der Waals surface area contributed by atoms with E-state index in [1.807, 2.05) is 20.0 Å². The standard InChI is InChI=1S/C14H16N2O3S/c1-10-7-12(16(2)15-10)9-20(19)13-5-3-11(4-6-13)8-14(17)18/h3-7H,8-9H2,1-2H3,(H,17,18). The molecule has 2 rings (SSSR count). The van der Waals surface area contributed by atoms with Gasteiger partial charge in [0.05, 0.1) is 34.4 Å². The topological polar surface area (TPSA) is 72.2 Å². The number of aryl methyl sites for hydroxylation is 2. The molecule has 1 aromatic carbocycles. The van der Waals surface area contributed by atoms with Gasteiger partial charge in [-0.15, -0.1) is 0 Å². The lowest BCUT2D eigenvalue weighted by atomic mass is 10.2. The van der Waals surface area contributed by atoms with Crippen LogP contribution in [0.1, 0.15) is 17.0 Å². The number of aliphatic carboxylic acids is 1. The zero-order chi connectivity index (χ0) is 14.7. The summed E-state index contributed by atoms with van der Waals surface area (Å²) in [6, 6.07) is 8.76. The highest BCUT2D eigenvalue weighted by Crippen LogP contribution is 2.14. The van der Waals surface area contributed by atoms with E-state index in [2.05, 4.69) is 5.10 Å². The molecule has 0 aliphatic carbocycles. The third-order valence-corrected chi connectivity index (χ3v) is 4.28. The Bertz CT molecular complexity index is 647. The summed E-state index contributed by atoms with van der Waals surface area (Å²) in [7, 11) is 0.668. The number of hydrogen-bond acceptors (Lipinski definition) is 3. The van der Waals surface area contributed by atoms with Crippen LogP contribution in [0.4, 0.5) is 0 Å². The van der Waals surface area contributed by atoms with Crippen molar-refractivity contribution < 1.29 is 14.1 Å². The summed E-state index contributed by atoms with van der Waals surface area (Å²) in [5.74, 6) is -0.473. The van der Waals surface area contributed by atoms with Gasteiger partial charge >= 0.3 is 5.97 Å². The average molecular weight is 292 g/mol. The highest BCUT2D eigenvalue weighted by molar-refractivity contribution is 7.84. The summed E-state index contributed by atoms with van der Waals surface area (Å²) in [6.07, 6.45) is -0.0200. The van der Waals surface area contributed by atoms with E-state index in [0.29, 0.717) is 16.2 Å². The molecule has 20 heavy (non-hydrogen) atoms. The fourth-order valence-corrected chi connectivity index (χ4v) is 3.10. The van der Waals surface area contributed by atoms with Crippen LogP contribution >= 0.6 is 0 Å². The first-order valence-corrected chi connectivity index (χ1v) is 7.46. The Morgan fingerprint density at radius 1 is 1.35 bits per heavy atom. The van der Waals surface area contributed by atoms with E-state index >= 15 is 0 Å². The quantitative estimate of drug-likeness (QED) is 0.909. The first-order valence-electron chi connectivity index (χ1n) is 6.14. The number of rotatable bonds is 5. The second-order valence-corrected chi connectivity index (χ2v) is 6.06. The lowest BCUT2D eigenvalue weighted by Crippen LogP contribution is -2.04. The minimum absolute atomic E-state index is 0.0200. The number of nitrogens with zero attached hydrogens (tertiary/aromatic N) is 2. The summed E-state index contributed by atoms with van der Waals surface area (Å²) in [4.78, 5) is 11.3. The van der Waals surface area contributed by atoms with E-state index in [-0.39, 0.29) is 6.42 Å². The van der Waals surface area contributed by atoms with Crippen molar-refractivity contribution in [3.63, 3.8) is 0 Å².